The maximum Gasteiger partial charge on any atom is 0.259 e. The Labute approximate surface area is 183 Å². The van der Waals surface area contributed by atoms with Crippen molar-refractivity contribution in [1.29, 1.82) is 0 Å². The number of pyridine rings is 1. The molecule has 2 aromatic heterocycles. The highest BCUT2D eigenvalue weighted by molar-refractivity contribution is 5.97. The number of hydrogen-bond acceptors (Lipinski definition) is 7. The maximum absolute atomic E-state index is 13.3. The molecule has 0 bridgehead atoms. The van der Waals surface area contributed by atoms with Gasteiger partial charge in [-0.1, -0.05) is 19.1 Å². The van der Waals surface area contributed by atoms with Gasteiger partial charge in [-0.25, -0.2) is 15.0 Å². The van der Waals surface area contributed by atoms with E-state index in [1.165, 1.54) is 6.33 Å². The number of likely N-dealkylation sites (N-methyl/N-ethyl adjacent to an activating group) is 1. The Morgan fingerprint density at radius 3 is 2.77 bits per heavy atom. The van der Waals surface area contributed by atoms with Crippen LogP contribution in [0.4, 0.5) is 0 Å². The number of nitrogens with zero attached hydrogens (tertiary/aromatic N) is 5. The predicted octanol–water partition coefficient (Wildman–Crippen LogP) is 2.26. The van der Waals surface area contributed by atoms with E-state index in [4.69, 9.17) is 4.74 Å². The Morgan fingerprint density at radius 2 is 2.10 bits per heavy atom. The van der Waals surface area contributed by atoms with Gasteiger partial charge in [0.05, 0.1) is 12.6 Å². The number of aliphatic hydroxyl groups is 1. The van der Waals surface area contributed by atoms with Gasteiger partial charge in [0.1, 0.15) is 18.0 Å². The van der Waals surface area contributed by atoms with E-state index in [9.17, 15) is 9.90 Å². The maximum atomic E-state index is 13.3. The van der Waals surface area contributed by atoms with E-state index in [-0.39, 0.29) is 30.6 Å². The molecule has 3 heterocycles. The first kappa shape index (κ1) is 22.8. The normalized spacial score (nSPS) is 20.3. The summed E-state index contributed by atoms with van der Waals surface area (Å²) in [4.78, 5) is 29.8. The zero-order chi connectivity index (χ0) is 22.4. The Morgan fingerprint density at radius 1 is 1.35 bits per heavy atom. The molecule has 0 aliphatic carbocycles. The summed E-state index contributed by atoms with van der Waals surface area (Å²) in [7, 11) is 2.02. The molecule has 0 radical (unpaired) electrons. The fraction of sp³-hybridized carbons (Fsp3) is 0.478. The minimum Gasteiger partial charge on any atom is -0.472 e. The average Bonchev–Trinajstić information content (AvgIpc) is 2.77. The van der Waals surface area contributed by atoms with Gasteiger partial charge in [-0.15, -0.1) is 0 Å². The van der Waals surface area contributed by atoms with Crippen molar-refractivity contribution in [2.24, 2.45) is 5.92 Å². The summed E-state index contributed by atoms with van der Waals surface area (Å²) in [5.74, 6) is 0.203. The lowest BCUT2D eigenvalue weighted by molar-refractivity contribution is 0.0325. The fourth-order valence-corrected chi connectivity index (χ4v) is 3.71. The predicted molar refractivity (Wildman–Crippen MR) is 118 cm³/mol. The van der Waals surface area contributed by atoms with Crippen LogP contribution in [0.1, 0.15) is 42.3 Å². The molecular formula is C23H31N5O3. The third kappa shape index (κ3) is 5.65. The van der Waals surface area contributed by atoms with Crippen molar-refractivity contribution in [2.45, 2.75) is 39.5 Å². The van der Waals surface area contributed by atoms with Crippen LogP contribution in [0.25, 0.3) is 6.08 Å². The van der Waals surface area contributed by atoms with Gasteiger partial charge in [0.2, 0.25) is 5.88 Å². The van der Waals surface area contributed by atoms with E-state index in [1.54, 1.807) is 29.6 Å². The number of amides is 1. The molecule has 166 valence electrons. The molecule has 1 N–H and O–H groups in total. The van der Waals surface area contributed by atoms with Crippen LogP contribution in [0.2, 0.25) is 0 Å². The van der Waals surface area contributed by atoms with E-state index >= 15 is 0 Å². The number of carbonyl (C=O) groups excluding carboxylic acids is 1. The minimum atomic E-state index is -0.300. The second-order valence-electron chi connectivity index (χ2n) is 8.19. The summed E-state index contributed by atoms with van der Waals surface area (Å²) >= 11 is 0. The zero-order valence-electron chi connectivity index (χ0n) is 18.6. The molecule has 1 aliphatic rings. The first-order valence-electron chi connectivity index (χ1n) is 10.6. The number of hydrogen-bond donors (Lipinski definition) is 1. The molecule has 0 spiro atoms. The SMILES string of the molecule is C/C=C/c1cnc2c(c1)C(=O)N([C@@H](C)CO)C[C@H](C)[C@@H](CN(C)Cc1cncnc1)O2. The van der Waals surface area contributed by atoms with Crippen molar-refractivity contribution in [3.63, 3.8) is 0 Å². The fourth-order valence-electron chi connectivity index (χ4n) is 3.71. The quantitative estimate of drug-likeness (QED) is 0.727. The molecule has 8 heteroatoms. The van der Waals surface area contributed by atoms with Gasteiger partial charge >= 0.3 is 0 Å². The topological polar surface area (TPSA) is 91.7 Å². The molecule has 3 rings (SSSR count). The van der Waals surface area contributed by atoms with Crippen LogP contribution in [0.5, 0.6) is 5.88 Å². The number of carbonyl (C=O) groups is 1. The lowest BCUT2D eigenvalue weighted by atomic mass is 9.99. The van der Waals surface area contributed by atoms with Crippen LogP contribution in [0, 0.1) is 5.92 Å². The van der Waals surface area contributed by atoms with Crippen LogP contribution in [0.3, 0.4) is 0 Å². The largest absolute Gasteiger partial charge is 0.472 e. The van der Waals surface area contributed by atoms with Crippen molar-refractivity contribution in [3.05, 3.63) is 53.8 Å². The van der Waals surface area contributed by atoms with Crippen LogP contribution in [0.15, 0.2) is 37.1 Å². The third-order valence-corrected chi connectivity index (χ3v) is 5.46. The average molecular weight is 426 g/mol. The molecule has 31 heavy (non-hydrogen) atoms. The molecule has 0 saturated carbocycles. The first-order chi connectivity index (χ1) is 14.9. The number of ether oxygens (including phenoxy) is 1. The van der Waals surface area contributed by atoms with Crippen LogP contribution in [-0.4, -0.2) is 74.7 Å². The molecule has 8 nitrogen and oxygen atoms in total. The zero-order valence-corrected chi connectivity index (χ0v) is 18.6. The molecule has 3 atom stereocenters. The van der Waals surface area contributed by atoms with Gasteiger partial charge in [-0.2, -0.15) is 0 Å². The van der Waals surface area contributed by atoms with E-state index in [0.29, 0.717) is 31.1 Å². The summed E-state index contributed by atoms with van der Waals surface area (Å²) in [5, 5.41) is 9.74. The van der Waals surface area contributed by atoms with Gasteiger partial charge in [-0.3, -0.25) is 9.69 Å². The molecule has 1 amide bonds. The van der Waals surface area contributed by atoms with Gasteiger partial charge in [0.25, 0.3) is 5.91 Å². The van der Waals surface area contributed by atoms with Crippen LogP contribution < -0.4 is 4.74 Å². The number of allylic oxidation sites excluding steroid dienone is 1. The van der Waals surface area contributed by atoms with Crippen LogP contribution >= 0.6 is 0 Å². The summed E-state index contributed by atoms with van der Waals surface area (Å²) in [5.41, 5.74) is 2.27. The van der Waals surface area contributed by atoms with Crippen molar-refractivity contribution in [2.75, 3.05) is 26.7 Å². The number of aliphatic hydroxyl groups excluding tert-OH is 1. The van der Waals surface area contributed by atoms with Gasteiger partial charge < -0.3 is 14.7 Å². The number of aromatic nitrogens is 3. The molecule has 2 aromatic rings. The summed E-state index contributed by atoms with van der Waals surface area (Å²) in [6, 6.07) is 1.51. The highest BCUT2D eigenvalue weighted by atomic mass is 16.5. The Bertz CT molecular complexity index is 905. The van der Waals surface area contributed by atoms with Crippen molar-refractivity contribution < 1.29 is 14.6 Å². The van der Waals surface area contributed by atoms with Gasteiger partial charge in [0.15, 0.2) is 0 Å². The van der Waals surface area contributed by atoms with Gasteiger partial charge in [-0.05, 0) is 32.5 Å². The summed E-state index contributed by atoms with van der Waals surface area (Å²) < 4.78 is 6.30. The highest BCUT2D eigenvalue weighted by Gasteiger charge is 2.34. The Hall–Kier alpha value is -2.84. The lowest BCUT2D eigenvalue weighted by Gasteiger charge is -2.37. The van der Waals surface area contributed by atoms with Crippen molar-refractivity contribution in [3.8, 4) is 5.88 Å². The lowest BCUT2D eigenvalue weighted by Crippen LogP contribution is -2.49. The molecule has 0 saturated heterocycles. The second-order valence-corrected chi connectivity index (χ2v) is 8.19. The number of fused-ring (bicyclic) bond motifs is 1. The molecule has 0 aromatic carbocycles. The monoisotopic (exact) mass is 425 g/mol. The molecule has 0 unspecified atom stereocenters. The van der Waals surface area contributed by atoms with Gasteiger partial charge in [0, 0.05) is 49.7 Å². The summed E-state index contributed by atoms with van der Waals surface area (Å²) in [6.45, 7) is 7.55. The van der Waals surface area contributed by atoms with Crippen molar-refractivity contribution >= 4 is 12.0 Å². The second kappa shape index (κ2) is 10.5. The number of rotatable bonds is 7. The van der Waals surface area contributed by atoms with Crippen LogP contribution in [-0.2, 0) is 6.54 Å². The highest BCUT2D eigenvalue weighted by Crippen LogP contribution is 2.27. The molecular weight excluding hydrogens is 394 g/mol. The Balaban J connectivity index is 1.89. The summed E-state index contributed by atoms with van der Waals surface area (Å²) in [6.07, 6.45) is 10.4. The minimum absolute atomic E-state index is 0.0394. The van der Waals surface area contributed by atoms with Crippen molar-refractivity contribution in [1.82, 2.24) is 24.8 Å². The smallest absolute Gasteiger partial charge is 0.259 e. The standard InChI is InChI=1S/C23H31N5O3/c1-5-6-18-7-20-22(26-10-18)31-21(13-27(4)12-19-8-24-15-25-9-19)16(2)11-28(23(20)30)17(3)14-29/h5-10,15-17,21,29H,11-14H2,1-4H3/b6-5+/t16-,17-,21+/m0/s1. The van der Waals surface area contributed by atoms with E-state index in [0.717, 1.165) is 11.1 Å². The first-order valence-corrected chi connectivity index (χ1v) is 10.6. The Kier molecular flexibility index (Phi) is 7.70. The van der Waals surface area contributed by atoms with E-state index in [2.05, 4.69) is 26.8 Å². The van der Waals surface area contributed by atoms with E-state index < -0.39 is 0 Å². The molecule has 0 fully saturated rings. The molecule has 1 aliphatic heterocycles. The van der Waals surface area contributed by atoms with E-state index in [1.807, 2.05) is 33.0 Å². The third-order valence-electron chi connectivity index (χ3n) is 5.46.